The van der Waals surface area contributed by atoms with Crippen LogP contribution in [0.4, 0.5) is 0 Å². The summed E-state index contributed by atoms with van der Waals surface area (Å²) in [5.41, 5.74) is 2.62. The van der Waals surface area contributed by atoms with Crippen LogP contribution in [0.5, 0.6) is 0 Å². The summed E-state index contributed by atoms with van der Waals surface area (Å²) >= 11 is 6.48. The third-order valence-corrected chi connectivity index (χ3v) is 6.49. The Labute approximate surface area is 204 Å². The Kier molecular flexibility index (Phi) is 6.32. The Morgan fingerprint density at radius 1 is 0.971 bits per heavy atom. The van der Waals surface area contributed by atoms with Crippen LogP contribution in [0.2, 0.25) is 5.02 Å². The van der Waals surface area contributed by atoms with Gasteiger partial charge in [-0.2, -0.15) is 0 Å². The summed E-state index contributed by atoms with van der Waals surface area (Å²) in [5, 5.41) is 0.923. The van der Waals surface area contributed by atoms with E-state index in [-0.39, 0.29) is 16.9 Å². The molecule has 1 heterocycles. The van der Waals surface area contributed by atoms with Gasteiger partial charge in [-0.25, -0.2) is 4.98 Å². The highest BCUT2D eigenvalue weighted by Gasteiger charge is 2.26. The van der Waals surface area contributed by atoms with E-state index < -0.39 is 6.04 Å². The van der Waals surface area contributed by atoms with Gasteiger partial charge in [-0.1, -0.05) is 68.8 Å². The number of carbonyl (C=O) groups is 1. The van der Waals surface area contributed by atoms with Gasteiger partial charge < -0.3 is 4.90 Å². The average molecular weight is 474 g/mol. The number of benzene rings is 3. The minimum atomic E-state index is -0.497. The van der Waals surface area contributed by atoms with Crippen molar-refractivity contribution in [3.05, 3.63) is 105 Å². The zero-order chi connectivity index (χ0) is 24.6. The van der Waals surface area contributed by atoms with Gasteiger partial charge in [-0.3, -0.25) is 14.2 Å². The number of para-hydroxylation sites is 2. The molecule has 6 heteroatoms. The predicted octanol–water partition coefficient (Wildman–Crippen LogP) is 6.17. The molecule has 0 saturated carbocycles. The van der Waals surface area contributed by atoms with Crippen LogP contribution in [0.1, 0.15) is 55.5 Å². The van der Waals surface area contributed by atoms with Gasteiger partial charge in [0.1, 0.15) is 5.82 Å². The topological polar surface area (TPSA) is 55.2 Å². The zero-order valence-electron chi connectivity index (χ0n) is 20.0. The number of fused-ring (bicyclic) bond motifs is 1. The lowest BCUT2D eigenvalue weighted by Gasteiger charge is -2.27. The first-order valence-corrected chi connectivity index (χ1v) is 11.6. The molecular formula is C28H28ClN3O2. The molecular weight excluding hydrogens is 446 g/mol. The summed E-state index contributed by atoms with van der Waals surface area (Å²) in [6.07, 6.45) is 0. The van der Waals surface area contributed by atoms with Crippen LogP contribution >= 0.6 is 11.6 Å². The first-order chi connectivity index (χ1) is 16.1. The van der Waals surface area contributed by atoms with Crippen molar-refractivity contribution in [3.63, 3.8) is 0 Å². The van der Waals surface area contributed by atoms with Crippen LogP contribution in [0, 0.1) is 0 Å². The quantitative estimate of drug-likeness (QED) is 0.356. The molecule has 1 aromatic heterocycles. The molecule has 0 bridgehead atoms. The second-order valence-electron chi connectivity index (χ2n) is 9.50. The molecule has 0 aliphatic rings. The van der Waals surface area contributed by atoms with Crippen molar-refractivity contribution in [2.45, 2.75) is 39.2 Å². The van der Waals surface area contributed by atoms with E-state index in [0.717, 1.165) is 5.56 Å². The van der Waals surface area contributed by atoms with Crippen molar-refractivity contribution in [3.8, 4) is 5.69 Å². The number of hydrogen-bond donors (Lipinski definition) is 0. The molecule has 0 saturated heterocycles. The van der Waals surface area contributed by atoms with Crippen molar-refractivity contribution in [2.24, 2.45) is 0 Å². The summed E-state index contributed by atoms with van der Waals surface area (Å²) in [6, 6.07) is 21.5. The number of carbonyl (C=O) groups excluding carboxylic acids is 1. The van der Waals surface area contributed by atoms with Gasteiger partial charge in [0.05, 0.1) is 27.7 Å². The van der Waals surface area contributed by atoms with E-state index in [2.05, 4.69) is 20.8 Å². The first-order valence-electron chi connectivity index (χ1n) is 11.2. The molecule has 0 N–H and O–H groups in total. The number of aromatic nitrogens is 2. The van der Waals surface area contributed by atoms with E-state index in [1.807, 2.05) is 55.5 Å². The molecule has 174 valence electrons. The molecule has 0 aliphatic carbocycles. The molecule has 1 unspecified atom stereocenters. The van der Waals surface area contributed by atoms with Crippen LogP contribution in [0.25, 0.3) is 16.6 Å². The van der Waals surface area contributed by atoms with Crippen LogP contribution < -0.4 is 5.56 Å². The molecule has 0 radical (unpaired) electrons. The van der Waals surface area contributed by atoms with E-state index in [0.29, 0.717) is 33.0 Å². The standard InChI is InChI=1S/C28H28ClN3O2/c1-18(31(5)26(33)19-14-16-20(17-15-19)28(2,3)4)25-30-23-12-8-6-10-21(23)27(34)32(25)24-13-9-7-11-22(24)29/h6-18H,1-5H3. The van der Waals surface area contributed by atoms with E-state index in [9.17, 15) is 9.59 Å². The lowest BCUT2D eigenvalue weighted by Crippen LogP contribution is -2.35. The Bertz CT molecular complexity index is 1420. The van der Waals surface area contributed by atoms with E-state index in [1.54, 1.807) is 36.2 Å². The maximum atomic E-state index is 13.6. The molecule has 3 aromatic carbocycles. The molecule has 1 atom stereocenters. The molecule has 1 amide bonds. The summed E-state index contributed by atoms with van der Waals surface area (Å²) in [7, 11) is 1.73. The number of halogens is 1. The molecule has 0 aliphatic heterocycles. The van der Waals surface area contributed by atoms with E-state index in [4.69, 9.17) is 16.6 Å². The van der Waals surface area contributed by atoms with Gasteiger partial charge in [0.25, 0.3) is 11.5 Å². The molecule has 0 fully saturated rings. The third-order valence-electron chi connectivity index (χ3n) is 6.17. The van der Waals surface area contributed by atoms with Gasteiger partial charge in [0, 0.05) is 12.6 Å². The van der Waals surface area contributed by atoms with Crippen molar-refractivity contribution in [1.29, 1.82) is 0 Å². The second-order valence-corrected chi connectivity index (χ2v) is 9.91. The highest BCUT2D eigenvalue weighted by molar-refractivity contribution is 6.32. The molecule has 4 rings (SSSR count). The lowest BCUT2D eigenvalue weighted by atomic mass is 9.86. The Morgan fingerprint density at radius 2 is 1.59 bits per heavy atom. The lowest BCUT2D eigenvalue weighted by molar-refractivity contribution is 0.0735. The summed E-state index contributed by atoms with van der Waals surface area (Å²) in [5.74, 6) is 0.292. The zero-order valence-corrected chi connectivity index (χ0v) is 20.8. The summed E-state index contributed by atoms with van der Waals surface area (Å²) in [6.45, 7) is 8.28. The van der Waals surface area contributed by atoms with Gasteiger partial charge in [0.15, 0.2) is 0 Å². The second kappa shape index (κ2) is 9.07. The fourth-order valence-corrected chi connectivity index (χ4v) is 4.18. The normalized spacial score (nSPS) is 12.5. The SMILES string of the molecule is CC(c1nc2ccccc2c(=O)n1-c1ccccc1Cl)N(C)C(=O)c1ccc(C(C)(C)C)cc1. The minimum Gasteiger partial charge on any atom is -0.332 e. The monoisotopic (exact) mass is 473 g/mol. The van der Waals surface area contributed by atoms with Crippen LogP contribution in [-0.4, -0.2) is 27.4 Å². The van der Waals surface area contributed by atoms with Crippen LogP contribution in [-0.2, 0) is 5.41 Å². The van der Waals surface area contributed by atoms with Crippen molar-refractivity contribution >= 4 is 28.4 Å². The maximum absolute atomic E-state index is 13.6. The smallest absolute Gasteiger partial charge is 0.266 e. The largest absolute Gasteiger partial charge is 0.332 e. The summed E-state index contributed by atoms with van der Waals surface area (Å²) < 4.78 is 1.52. The predicted molar refractivity (Wildman–Crippen MR) is 138 cm³/mol. The minimum absolute atomic E-state index is 0.000800. The number of nitrogens with zero attached hydrogens (tertiary/aromatic N) is 3. The number of hydrogen-bond acceptors (Lipinski definition) is 3. The van der Waals surface area contributed by atoms with E-state index >= 15 is 0 Å². The van der Waals surface area contributed by atoms with Crippen LogP contribution in [0.15, 0.2) is 77.6 Å². The third kappa shape index (κ3) is 4.36. The maximum Gasteiger partial charge on any atom is 0.266 e. The van der Waals surface area contributed by atoms with Crippen molar-refractivity contribution in [2.75, 3.05) is 7.05 Å². The fourth-order valence-electron chi connectivity index (χ4n) is 3.96. The van der Waals surface area contributed by atoms with E-state index in [1.165, 1.54) is 4.57 Å². The molecule has 34 heavy (non-hydrogen) atoms. The molecule has 0 spiro atoms. The number of rotatable bonds is 4. The molecule has 4 aromatic rings. The van der Waals surface area contributed by atoms with Gasteiger partial charge in [0.2, 0.25) is 0 Å². The Hall–Kier alpha value is -3.44. The highest BCUT2D eigenvalue weighted by Crippen LogP contribution is 2.27. The summed E-state index contributed by atoms with van der Waals surface area (Å²) in [4.78, 5) is 33.3. The first kappa shape index (κ1) is 23.7. The Balaban J connectivity index is 1.81. The molecule has 5 nitrogen and oxygen atoms in total. The van der Waals surface area contributed by atoms with Gasteiger partial charge >= 0.3 is 0 Å². The van der Waals surface area contributed by atoms with Crippen molar-refractivity contribution < 1.29 is 4.79 Å². The Morgan fingerprint density at radius 3 is 2.24 bits per heavy atom. The highest BCUT2D eigenvalue weighted by atomic mass is 35.5. The van der Waals surface area contributed by atoms with Gasteiger partial charge in [-0.15, -0.1) is 0 Å². The average Bonchev–Trinajstić information content (AvgIpc) is 2.83. The van der Waals surface area contributed by atoms with Gasteiger partial charge in [-0.05, 0) is 54.3 Å². The number of amides is 1. The van der Waals surface area contributed by atoms with Crippen LogP contribution in [0.3, 0.4) is 0 Å². The fraction of sp³-hybridized carbons (Fsp3) is 0.250. The van der Waals surface area contributed by atoms with Crippen molar-refractivity contribution in [1.82, 2.24) is 14.5 Å².